The van der Waals surface area contributed by atoms with Gasteiger partial charge < -0.3 is 10.1 Å². The number of rotatable bonds is 9. The third-order valence-electron chi connectivity index (χ3n) is 4.96. The lowest BCUT2D eigenvalue weighted by molar-refractivity contribution is 0.0934. The minimum Gasteiger partial charge on any atom is -0.497 e. The number of amides is 1. The van der Waals surface area contributed by atoms with Crippen LogP contribution in [-0.4, -0.2) is 52.1 Å². The van der Waals surface area contributed by atoms with Gasteiger partial charge in [-0.2, -0.15) is 0 Å². The molecule has 1 amide bonds. The molecular formula is C22H27N5O2. The van der Waals surface area contributed by atoms with Crippen LogP contribution < -0.4 is 10.1 Å². The van der Waals surface area contributed by atoms with E-state index in [0.717, 1.165) is 24.4 Å². The van der Waals surface area contributed by atoms with Gasteiger partial charge >= 0.3 is 0 Å². The van der Waals surface area contributed by atoms with E-state index >= 15 is 0 Å². The average Bonchev–Trinajstić information content (AvgIpc) is 3.31. The van der Waals surface area contributed by atoms with Gasteiger partial charge in [0, 0.05) is 30.7 Å². The van der Waals surface area contributed by atoms with E-state index in [1.807, 2.05) is 18.2 Å². The Hall–Kier alpha value is -3.19. The quantitative estimate of drug-likeness (QED) is 0.605. The average molecular weight is 393 g/mol. The second-order valence-corrected chi connectivity index (χ2v) is 6.60. The van der Waals surface area contributed by atoms with Crippen molar-refractivity contribution >= 4 is 5.91 Å². The summed E-state index contributed by atoms with van der Waals surface area (Å²) in [6.45, 7) is 6.51. The van der Waals surface area contributed by atoms with E-state index in [9.17, 15) is 4.79 Å². The summed E-state index contributed by atoms with van der Waals surface area (Å²) >= 11 is 0. The topological polar surface area (TPSA) is 72.3 Å². The first-order valence-corrected chi connectivity index (χ1v) is 9.76. The highest BCUT2D eigenvalue weighted by Gasteiger charge is 2.20. The first-order chi connectivity index (χ1) is 14.2. The highest BCUT2D eigenvalue weighted by Crippen LogP contribution is 2.24. The maximum atomic E-state index is 12.8. The molecule has 152 valence electrons. The van der Waals surface area contributed by atoms with Crippen LogP contribution in [0.1, 0.15) is 35.8 Å². The number of carbonyl (C=O) groups excluding carboxylic acids is 1. The van der Waals surface area contributed by atoms with Crippen LogP contribution in [-0.2, 0) is 0 Å². The van der Waals surface area contributed by atoms with E-state index < -0.39 is 0 Å². The zero-order valence-electron chi connectivity index (χ0n) is 17.1. The van der Waals surface area contributed by atoms with Crippen molar-refractivity contribution in [3.05, 3.63) is 72.4 Å². The number of carbonyl (C=O) groups is 1. The molecule has 1 unspecified atom stereocenters. The summed E-state index contributed by atoms with van der Waals surface area (Å²) < 4.78 is 7.14. The molecule has 0 saturated carbocycles. The van der Waals surface area contributed by atoms with Crippen LogP contribution in [0.2, 0.25) is 0 Å². The molecule has 0 bridgehead atoms. The van der Waals surface area contributed by atoms with Crippen LogP contribution in [0.25, 0.3) is 5.82 Å². The fraction of sp³-hybridized carbons (Fsp3) is 0.318. The summed E-state index contributed by atoms with van der Waals surface area (Å²) in [7, 11) is 1.66. The number of hydrogen-bond donors (Lipinski definition) is 1. The van der Waals surface area contributed by atoms with Gasteiger partial charge in [0.2, 0.25) is 0 Å². The summed E-state index contributed by atoms with van der Waals surface area (Å²) in [5.41, 5.74) is 1.68. The number of nitrogens with zero attached hydrogens (tertiary/aromatic N) is 4. The Morgan fingerprint density at radius 1 is 1.21 bits per heavy atom. The lowest BCUT2D eigenvalue weighted by atomic mass is 10.0. The zero-order valence-corrected chi connectivity index (χ0v) is 17.1. The first-order valence-electron chi connectivity index (χ1n) is 9.76. The third kappa shape index (κ3) is 5.00. The molecule has 0 aliphatic heterocycles. The molecule has 0 fully saturated rings. The molecule has 0 radical (unpaired) electrons. The lowest BCUT2D eigenvalue weighted by Gasteiger charge is -2.30. The molecule has 29 heavy (non-hydrogen) atoms. The fourth-order valence-corrected chi connectivity index (χ4v) is 3.36. The SMILES string of the molecule is CCN(CC)C(CNC(=O)c1ccnc(-n2ccnc2)c1)c1cccc(OC)c1. The predicted octanol–water partition coefficient (Wildman–Crippen LogP) is 3.09. The van der Waals surface area contributed by atoms with Crippen LogP contribution in [0, 0.1) is 0 Å². The summed E-state index contributed by atoms with van der Waals surface area (Å²) in [5, 5.41) is 3.08. The molecule has 3 rings (SSSR count). The van der Waals surface area contributed by atoms with Crippen LogP contribution >= 0.6 is 0 Å². The standard InChI is InChI=1S/C22H27N5O2/c1-4-26(5-2)20(17-7-6-8-19(13-17)29-3)15-25-22(28)18-9-10-24-21(14-18)27-12-11-23-16-27/h6-14,16,20H,4-5,15H2,1-3H3,(H,25,28). The Kier molecular flexibility index (Phi) is 6.97. The monoisotopic (exact) mass is 393 g/mol. The molecule has 0 aliphatic carbocycles. The number of likely N-dealkylation sites (N-methyl/N-ethyl adjacent to an activating group) is 1. The number of pyridine rings is 1. The molecule has 0 saturated heterocycles. The molecule has 0 spiro atoms. The summed E-state index contributed by atoms with van der Waals surface area (Å²) in [4.78, 5) is 23.5. The number of aromatic nitrogens is 3. The van der Waals surface area contributed by atoms with Gasteiger partial charge in [0.1, 0.15) is 17.9 Å². The van der Waals surface area contributed by atoms with E-state index in [1.54, 1.807) is 48.7 Å². The minimum atomic E-state index is -0.131. The highest BCUT2D eigenvalue weighted by molar-refractivity contribution is 5.94. The van der Waals surface area contributed by atoms with E-state index in [4.69, 9.17) is 4.74 Å². The normalized spacial score (nSPS) is 12.0. The summed E-state index contributed by atoms with van der Waals surface area (Å²) in [6, 6.07) is 11.5. The maximum absolute atomic E-state index is 12.8. The number of ether oxygens (including phenoxy) is 1. The lowest BCUT2D eigenvalue weighted by Crippen LogP contribution is -2.38. The summed E-state index contributed by atoms with van der Waals surface area (Å²) in [6.07, 6.45) is 6.76. The summed E-state index contributed by atoms with van der Waals surface area (Å²) in [5.74, 6) is 1.34. The third-order valence-corrected chi connectivity index (χ3v) is 4.96. The molecular weight excluding hydrogens is 366 g/mol. The van der Waals surface area contributed by atoms with Crippen molar-refractivity contribution in [1.29, 1.82) is 0 Å². The largest absolute Gasteiger partial charge is 0.497 e. The predicted molar refractivity (Wildman–Crippen MR) is 112 cm³/mol. The molecule has 2 heterocycles. The molecule has 0 aliphatic rings. The molecule has 7 heteroatoms. The molecule has 2 aromatic heterocycles. The Balaban J connectivity index is 1.76. The van der Waals surface area contributed by atoms with Gasteiger partial charge in [0.05, 0.1) is 13.2 Å². The number of benzene rings is 1. The van der Waals surface area contributed by atoms with Crippen molar-refractivity contribution in [3.8, 4) is 11.6 Å². The van der Waals surface area contributed by atoms with Crippen LogP contribution in [0.5, 0.6) is 5.75 Å². The molecule has 1 N–H and O–H groups in total. The van der Waals surface area contributed by atoms with Gasteiger partial charge in [0.15, 0.2) is 0 Å². The number of hydrogen-bond acceptors (Lipinski definition) is 5. The Bertz CT molecular complexity index is 922. The molecule has 7 nitrogen and oxygen atoms in total. The van der Waals surface area contributed by atoms with Gasteiger partial charge in [-0.1, -0.05) is 26.0 Å². The Labute approximate surface area is 171 Å². The molecule has 1 aromatic carbocycles. The first kappa shape index (κ1) is 20.5. The van der Waals surface area contributed by atoms with Crippen LogP contribution in [0.4, 0.5) is 0 Å². The molecule has 1 atom stereocenters. The van der Waals surface area contributed by atoms with Gasteiger partial charge in [-0.25, -0.2) is 9.97 Å². The maximum Gasteiger partial charge on any atom is 0.251 e. The smallest absolute Gasteiger partial charge is 0.251 e. The molecule has 3 aromatic rings. The van der Waals surface area contributed by atoms with Crippen molar-refractivity contribution in [3.63, 3.8) is 0 Å². The number of imidazole rings is 1. The zero-order chi connectivity index (χ0) is 20.6. The van der Waals surface area contributed by atoms with Crippen molar-refractivity contribution in [2.45, 2.75) is 19.9 Å². The van der Waals surface area contributed by atoms with E-state index in [1.165, 1.54) is 0 Å². The van der Waals surface area contributed by atoms with Gasteiger partial charge in [-0.15, -0.1) is 0 Å². The minimum absolute atomic E-state index is 0.0546. The number of methoxy groups -OCH3 is 1. The second kappa shape index (κ2) is 9.84. The van der Waals surface area contributed by atoms with E-state index in [-0.39, 0.29) is 11.9 Å². The fourth-order valence-electron chi connectivity index (χ4n) is 3.36. The van der Waals surface area contributed by atoms with Gasteiger partial charge in [-0.3, -0.25) is 14.3 Å². The van der Waals surface area contributed by atoms with Crippen LogP contribution in [0.3, 0.4) is 0 Å². The second-order valence-electron chi connectivity index (χ2n) is 6.60. The van der Waals surface area contributed by atoms with E-state index in [2.05, 4.69) is 40.1 Å². The van der Waals surface area contributed by atoms with Crippen molar-refractivity contribution in [2.24, 2.45) is 0 Å². The Morgan fingerprint density at radius 3 is 2.72 bits per heavy atom. The van der Waals surface area contributed by atoms with Gasteiger partial charge in [0.25, 0.3) is 5.91 Å². The van der Waals surface area contributed by atoms with Crippen LogP contribution in [0.15, 0.2) is 61.3 Å². The van der Waals surface area contributed by atoms with Crippen molar-refractivity contribution in [1.82, 2.24) is 24.8 Å². The number of nitrogens with one attached hydrogen (secondary N) is 1. The van der Waals surface area contributed by atoms with E-state index in [0.29, 0.717) is 17.9 Å². The van der Waals surface area contributed by atoms with Crippen molar-refractivity contribution in [2.75, 3.05) is 26.7 Å². The Morgan fingerprint density at radius 2 is 2.03 bits per heavy atom. The van der Waals surface area contributed by atoms with Crippen molar-refractivity contribution < 1.29 is 9.53 Å². The highest BCUT2D eigenvalue weighted by atomic mass is 16.5. The van der Waals surface area contributed by atoms with Gasteiger partial charge in [-0.05, 0) is 42.9 Å².